The van der Waals surface area contributed by atoms with Crippen LogP contribution in [0, 0.1) is 11.8 Å². The summed E-state index contributed by atoms with van der Waals surface area (Å²) in [5.74, 6) is -0.371. The van der Waals surface area contributed by atoms with E-state index in [0.29, 0.717) is 18.8 Å². The van der Waals surface area contributed by atoms with Crippen LogP contribution in [0.15, 0.2) is 36.4 Å². The third-order valence-electron chi connectivity index (χ3n) is 4.10. The lowest BCUT2D eigenvalue weighted by molar-refractivity contribution is -0.122. The molecule has 2 aliphatic rings. The Balaban J connectivity index is 1.78. The number of amides is 2. The number of aromatic nitrogens is 2. The normalized spacial score (nSPS) is 25.5. The lowest BCUT2D eigenvalue weighted by Gasteiger charge is -2.14. The molecule has 1 aromatic heterocycles. The van der Waals surface area contributed by atoms with Crippen molar-refractivity contribution in [2.24, 2.45) is 11.8 Å². The van der Waals surface area contributed by atoms with Crippen molar-refractivity contribution in [3.8, 4) is 0 Å². The molecular weight excluding hydrogens is 254 g/mol. The minimum absolute atomic E-state index is 0.136. The number of para-hydroxylation sites is 2. The molecule has 1 aromatic carbocycles. The zero-order valence-corrected chi connectivity index (χ0v) is 10.7. The van der Waals surface area contributed by atoms with E-state index in [0.717, 1.165) is 11.0 Å². The van der Waals surface area contributed by atoms with Crippen LogP contribution in [0.25, 0.3) is 11.0 Å². The second-order valence-corrected chi connectivity index (χ2v) is 5.25. The average Bonchev–Trinajstić information content (AvgIpc) is 3.00. The van der Waals surface area contributed by atoms with Gasteiger partial charge < -0.3 is 4.98 Å². The second-order valence-electron chi connectivity index (χ2n) is 5.25. The molecule has 1 aliphatic heterocycles. The first-order chi connectivity index (χ1) is 9.75. The molecule has 1 aliphatic carbocycles. The number of anilines is 1. The molecule has 0 bridgehead atoms. The Morgan fingerprint density at radius 3 is 2.35 bits per heavy atom. The van der Waals surface area contributed by atoms with Gasteiger partial charge in [0.1, 0.15) is 0 Å². The van der Waals surface area contributed by atoms with E-state index in [1.54, 1.807) is 0 Å². The topological polar surface area (TPSA) is 66.1 Å². The molecule has 2 heterocycles. The van der Waals surface area contributed by atoms with Crippen LogP contribution in [-0.2, 0) is 9.59 Å². The van der Waals surface area contributed by atoms with Crippen molar-refractivity contribution in [1.29, 1.82) is 0 Å². The number of imide groups is 1. The highest BCUT2D eigenvalue weighted by atomic mass is 16.2. The van der Waals surface area contributed by atoms with Gasteiger partial charge >= 0.3 is 0 Å². The molecule has 5 nitrogen and oxygen atoms in total. The molecule has 1 fully saturated rings. The molecule has 5 heteroatoms. The summed E-state index contributed by atoms with van der Waals surface area (Å²) >= 11 is 0. The van der Waals surface area contributed by atoms with Crippen molar-refractivity contribution in [3.63, 3.8) is 0 Å². The van der Waals surface area contributed by atoms with E-state index >= 15 is 0 Å². The Kier molecular flexibility index (Phi) is 2.30. The number of imidazole rings is 1. The Bertz CT molecular complexity index is 687. The van der Waals surface area contributed by atoms with Gasteiger partial charge in [0.25, 0.3) is 0 Å². The lowest BCUT2D eigenvalue weighted by atomic mass is 9.85. The van der Waals surface area contributed by atoms with E-state index < -0.39 is 0 Å². The third-order valence-corrected chi connectivity index (χ3v) is 4.10. The number of hydrogen-bond acceptors (Lipinski definition) is 3. The van der Waals surface area contributed by atoms with Gasteiger partial charge in [0.2, 0.25) is 17.8 Å². The Morgan fingerprint density at radius 2 is 1.70 bits per heavy atom. The number of rotatable bonds is 1. The molecule has 0 saturated carbocycles. The SMILES string of the molecule is O=C1C2CC=CCC2C(=O)N1c1nc2ccccc2[nH]1. The van der Waals surface area contributed by atoms with Crippen molar-refractivity contribution in [3.05, 3.63) is 36.4 Å². The summed E-state index contributed by atoms with van der Waals surface area (Å²) < 4.78 is 0. The molecule has 4 rings (SSSR count). The third kappa shape index (κ3) is 1.46. The number of allylic oxidation sites excluding steroid dienone is 2. The molecule has 2 unspecified atom stereocenters. The molecule has 2 aromatic rings. The molecule has 0 spiro atoms. The number of carbonyl (C=O) groups is 2. The average molecular weight is 267 g/mol. The van der Waals surface area contributed by atoms with Crippen LogP contribution in [0.1, 0.15) is 12.8 Å². The van der Waals surface area contributed by atoms with E-state index in [1.165, 1.54) is 4.90 Å². The predicted octanol–water partition coefficient (Wildman–Crippen LogP) is 2.02. The fraction of sp³-hybridized carbons (Fsp3) is 0.267. The van der Waals surface area contributed by atoms with Crippen molar-refractivity contribution in [1.82, 2.24) is 9.97 Å². The Morgan fingerprint density at radius 1 is 1.05 bits per heavy atom. The maximum absolute atomic E-state index is 12.4. The molecule has 2 amide bonds. The number of carbonyl (C=O) groups excluding carboxylic acids is 2. The summed E-state index contributed by atoms with van der Waals surface area (Å²) in [7, 11) is 0. The Hall–Kier alpha value is -2.43. The summed E-state index contributed by atoms with van der Waals surface area (Å²) in [6.45, 7) is 0. The van der Waals surface area contributed by atoms with Gasteiger partial charge in [-0.15, -0.1) is 0 Å². The van der Waals surface area contributed by atoms with E-state index in [2.05, 4.69) is 9.97 Å². The molecule has 2 atom stereocenters. The molecule has 1 saturated heterocycles. The van der Waals surface area contributed by atoms with Gasteiger partial charge in [-0.3, -0.25) is 9.59 Å². The molecule has 1 N–H and O–H groups in total. The van der Waals surface area contributed by atoms with Crippen LogP contribution >= 0.6 is 0 Å². The monoisotopic (exact) mass is 267 g/mol. The summed E-state index contributed by atoms with van der Waals surface area (Å²) in [6.07, 6.45) is 5.25. The number of hydrogen-bond donors (Lipinski definition) is 1. The van der Waals surface area contributed by atoms with E-state index in [1.807, 2.05) is 36.4 Å². The fourth-order valence-electron chi connectivity index (χ4n) is 3.05. The van der Waals surface area contributed by atoms with Gasteiger partial charge in [0.05, 0.1) is 22.9 Å². The lowest BCUT2D eigenvalue weighted by Crippen LogP contribution is -2.31. The summed E-state index contributed by atoms with van der Waals surface area (Å²) in [5, 5.41) is 0. The summed E-state index contributed by atoms with van der Waals surface area (Å²) in [6, 6.07) is 7.51. The zero-order valence-electron chi connectivity index (χ0n) is 10.7. The summed E-state index contributed by atoms with van der Waals surface area (Å²) in [5.41, 5.74) is 1.59. The highest BCUT2D eigenvalue weighted by Gasteiger charge is 2.48. The first-order valence-corrected chi connectivity index (χ1v) is 6.73. The first-order valence-electron chi connectivity index (χ1n) is 6.73. The van der Waals surface area contributed by atoms with Gasteiger partial charge in [-0.25, -0.2) is 9.88 Å². The second kappa shape index (κ2) is 4.03. The van der Waals surface area contributed by atoms with Crippen LogP contribution in [0.2, 0.25) is 0 Å². The van der Waals surface area contributed by atoms with Crippen LogP contribution < -0.4 is 4.90 Å². The van der Waals surface area contributed by atoms with Crippen molar-refractivity contribution < 1.29 is 9.59 Å². The van der Waals surface area contributed by atoms with Crippen molar-refractivity contribution >= 4 is 28.8 Å². The molecule has 0 radical (unpaired) electrons. The van der Waals surface area contributed by atoms with Crippen molar-refractivity contribution in [2.75, 3.05) is 4.90 Å². The molecule has 20 heavy (non-hydrogen) atoms. The van der Waals surface area contributed by atoms with E-state index in [4.69, 9.17) is 0 Å². The predicted molar refractivity (Wildman–Crippen MR) is 73.9 cm³/mol. The standard InChI is InChI=1S/C15H13N3O2/c19-13-9-5-1-2-6-10(9)14(20)18(13)15-16-11-7-3-4-8-12(11)17-15/h1-4,7-10H,5-6H2,(H,16,17). The van der Waals surface area contributed by atoms with Gasteiger partial charge in [-0.1, -0.05) is 24.3 Å². The Labute approximate surface area is 115 Å². The number of benzene rings is 1. The minimum Gasteiger partial charge on any atom is -0.323 e. The van der Waals surface area contributed by atoms with Gasteiger partial charge in [0, 0.05) is 0 Å². The van der Waals surface area contributed by atoms with Crippen LogP contribution in [0.3, 0.4) is 0 Å². The van der Waals surface area contributed by atoms with Crippen LogP contribution in [0.5, 0.6) is 0 Å². The quantitative estimate of drug-likeness (QED) is 0.635. The highest BCUT2D eigenvalue weighted by molar-refractivity contribution is 6.21. The highest BCUT2D eigenvalue weighted by Crippen LogP contribution is 2.37. The summed E-state index contributed by atoms with van der Waals surface area (Å²) in [4.78, 5) is 33.5. The maximum Gasteiger partial charge on any atom is 0.240 e. The van der Waals surface area contributed by atoms with Crippen LogP contribution in [0.4, 0.5) is 5.95 Å². The smallest absolute Gasteiger partial charge is 0.240 e. The number of nitrogens with one attached hydrogen (secondary N) is 1. The van der Waals surface area contributed by atoms with Gasteiger partial charge in [-0.2, -0.15) is 0 Å². The number of fused-ring (bicyclic) bond motifs is 2. The first kappa shape index (κ1) is 11.4. The van der Waals surface area contributed by atoms with Gasteiger partial charge in [-0.05, 0) is 25.0 Å². The van der Waals surface area contributed by atoms with E-state index in [-0.39, 0.29) is 23.7 Å². The molecular formula is C15H13N3O2. The van der Waals surface area contributed by atoms with Gasteiger partial charge in [0.15, 0.2) is 0 Å². The largest absolute Gasteiger partial charge is 0.323 e. The number of H-pyrrole nitrogens is 1. The minimum atomic E-state index is -0.222. The van der Waals surface area contributed by atoms with Crippen molar-refractivity contribution in [2.45, 2.75) is 12.8 Å². The molecule has 100 valence electrons. The van der Waals surface area contributed by atoms with E-state index in [9.17, 15) is 9.59 Å². The zero-order chi connectivity index (χ0) is 13.7. The maximum atomic E-state index is 12.4. The number of aromatic amines is 1. The van der Waals surface area contributed by atoms with Crippen LogP contribution in [-0.4, -0.2) is 21.8 Å². The number of nitrogens with zero attached hydrogens (tertiary/aromatic N) is 2. The fourth-order valence-corrected chi connectivity index (χ4v) is 3.05.